The van der Waals surface area contributed by atoms with E-state index in [-0.39, 0.29) is 12.9 Å². The highest BCUT2D eigenvalue weighted by molar-refractivity contribution is 5.22. The topological polar surface area (TPSA) is 60.8 Å². The molecule has 0 saturated carbocycles. The van der Waals surface area contributed by atoms with Gasteiger partial charge in [-0.2, -0.15) is 0 Å². The Hall–Kier alpha value is -1.01. The van der Waals surface area contributed by atoms with Gasteiger partial charge in [-0.1, -0.05) is 0 Å². The number of nitrogens with zero attached hydrogens (tertiary/aromatic N) is 1. The van der Waals surface area contributed by atoms with E-state index in [9.17, 15) is 5.11 Å². The van der Waals surface area contributed by atoms with Crippen LogP contribution in [0.15, 0.2) is 18.3 Å². The zero-order valence-electron chi connectivity index (χ0n) is 12.2. The number of aromatic nitrogens is 1. The van der Waals surface area contributed by atoms with E-state index in [1.54, 1.807) is 26.3 Å². The molecule has 112 valence electrons. The molecular formula is C15H23NO4. The Balaban J connectivity index is 1.95. The molecule has 0 aliphatic carbocycles. The second-order valence-electron chi connectivity index (χ2n) is 5.35. The lowest BCUT2D eigenvalue weighted by atomic mass is 9.97. The summed E-state index contributed by atoms with van der Waals surface area (Å²) in [4.78, 5) is 4.26. The van der Waals surface area contributed by atoms with E-state index in [1.165, 1.54) is 0 Å². The second kappa shape index (κ2) is 7.13. The molecule has 1 aromatic heterocycles. The average Bonchev–Trinajstić information content (AvgIpc) is 2.46. The maximum atomic E-state index is 10.3. The molecule has 5 nitrogen and oxygen atoms in total. The van der Waals surface area contributed by atoms with Crippen LogP contribution in [0.2, 0.25) is 0 Å². The zero-order valence-corrected chi connectivity index (χ0v) is 12.2. The molecule has 5 heteroatoms. The third-order valence-corrected chi connectivity index (χ3v) is 3.42. The Bertz CT molecular complexity index is 416. The van der Waals surface area contributed by atoms with Gasteiger partial charge in [-0.15, -0.1) is 0 Å². The Morgan fingerprint density at radius 3 is 3.05 bits per heavy atom. The molecule has 0 amide bonds. The molecule has 2 rings (SSSR count). The fraction of sp³-hybridized carbons (Fsp3) is 0.667. The van der Waals surface area contributed by atoms with Crippen LogP contribution in [0.1, 0.15) is 37.4 Å². The lowest BCUT2D eigenvalue weighted by Gasteiger charge is -2.24. The van der Waals surface area contributed by atoms with Crippen molar-refractivity contribution in [2.45, 2.75) is 44.7 Å². The first-order chi connectivity index (χ1) is 9.62. The number of aliphatic hydroxyl groups is 1. The van der Waals surface area contributed by atoms with Gasteiger partial charge in [0.05, 0.1) is 18.9 Å². The summed E-state index contributed by atoms with van der Waals surface area (Å²) in [6.45, 7) is 3.12. The number of pyridine rings is 1. The van der Waals surface area contributed by atoms with Crippen LogP contribution in [0, 0.1) is 0 Å². The van der Waals surface area contributed by atoms with Gasteiger partial charge in [0.1, 0.15) is 5.60 Å². The van der Waals surface area contributed by atoms with E-state index in [1.807, 2.05) is 6.07 Å². The monoisotopic (exact) mass is 281 g/mol. The zero-order chi connectivity index (χ0) is 14.4. The molecule has 1 unspecified atom stereocenters. The molecule has 2 atom stereocenters. The summed E-state index contributed by atoms with van der Waals surface area (Å²) < 4.78 is 16.2. The van der Waals surface area contributed by atoms with Crippen molar-refractivity contribution in [3.05, 3.63) is 29.6 Å². The third-order valence-electron chi connectivity index (χ3n) is 3.42. The maximum Gasteiger partial charge on any atom is 0.158 e. The number of hydrogen-bond donors (Lipinski definition) is 1. The number of rotatable bonds is 6. The highest BCUT2D eigenvalue weighted by Crippen LogP contribution is 2.22. The van der Waals surface area contributed by atoms with Gasteiger partial charge >= 0.3 is 0 Å². The molecule has 1 N–H and O–H groups in total. The minimum absolute atomic E-state index is 0.131. The van der Waals surface area contributed by atoms with Crippen LogP contribution in [-0.4, -0.2) is 36.7 Å². The lowest BCUT2D eigenvalue weighted by molar-refractivity contribution is -0.169. The first-order valence-electron chi connectivity index (χ1n) is 7.02. The molecule has 0 radical (unpaired) electrons. The minimum atomic E-state index is -1.02. The van der Waals surface area contributed by atoms with Crippen molar-refractivity contribution in [1.29, 1.82) is 0 Å². The van der Waals surface area contributed by atoms with Crippen molar-refractivity contribution in [1.82, 2.24) is 4.98 Å². The van der Waals surface area contributed by atoms with Crippen LogP contribution in [0.3, 0.4) is 0 Å². The third kappa shape index (κ3) is 4.24. The summed E-state index contributed by atoms with van der Waals surface area (Å²) in [7, 11) is 1.57. The van der Waals surface area contributed by atoms with Crippen molar-refractivity contribution in [3.8, 4) is 0 Å². The van der Waals surface area contributed by atoms with Crippen LogP contribution in [0.4, 0.5) is 0 Å². The highest BCUT2D eigenvalue weighted by Gasteiger charge is 2.23. The van der Waals surface area contributed by atoms with E-state index in [4.69, 9.17) is 14.2 Å². The van der Waals surface area contributed by atoms with Gasteiger partial charge in [-0.05, 0) is 43.9 Å². The van der Waals surface area contributed by atoms with E-state index < -0.39 is 5.60 Å². The van der Waals surface area contributed by atoms with Gasteiger partial charge in [0, 0.05) is 19.9 Å². The Labute approximate surface area is 119 Å². The van der Waals surface area contributed by atoms with Crippen LogP contribution in [0.25, 0.3) is 0 Å². The molecule has 0 spiro atoms. The largest absolute Gasteiger partial charge is 0.383 e. The van der Waals surface area contributed by atoms with Gasteiger partial charge in [0.25, 0.3) is 0 Å². The summed E-state index contributed by atoms with van der Waals surface area (Å²) in [5.41, 5.74) is 0.541. The average molecular weight is 281 g/mol. The normalized spacial score (nSPS) is 22.4. The smallest absolute Gasteiger partial charge is 0.158 e. The highest BCUT2D eigenvalue weighted by atomic mass is 16.7. The molecule has 1 aliphatic rings. The quantitative estimate of drug-likeness (QED) is 0.864. The van der Waals surface area contributed by atoms with Crippen molar-refractivity contribution < 1.29 is 19.3 Å². The molecule has 1 aromatic rings. The Morgan fingerprint density at radius 1 is 1.50 bits per heavy atom. The lowest BCUT2D eigenvalue weighted by Crippen LogP contribution is -2.27. The number of hydrogen-bond acceptors (Lipinski definition) is 5. The Kier molecular flexibility index (Phi) is 5.48. The molecule has 1 saturated heterocycles. The molecule has 1 fully saturated rings. The van der Waals surface area contributed by atoms with E-state index in [0.717, 1.165) is 37.1 Å². The summed E-state index contributed by atoms with van der Waals surface area (Å²) in [5.74, 6) is 0. The van der Waals surface area contributed by atoms with E-state index >= 15 is 0 Å². The van der Waals surface area contributed by atoms with Crippen LogP contribution >= 0.6 is 0 Å². The minimum Gasteiger partial charge on any atom is -0.383 e. The predicted octanol–water partition coefficient (Wildman–Crippen LogP) is 1.98. The molecular weight excluding hydrogens is 258 g/mol. The predicted molar refractivity (Wildman–Crippen MR) is 74.1 cm³/mol. The fourth-order valence-corrected chi connectivity index (χ4v) is 2.28. The summed E-state index contributed by atoms with van der Waals surface area (Å²) in [5, 5.41) is 10.3. The van der Waals surface area contributed by atoms with Gasteiger partial charge in [0.15, 0.2) is 6.29 Å². The maximum absolute atomic E-state index is 10.3. The first kappa shape index (κ1) is 15.4. The summed E-state index contributed by atoms with van der Waals surface area (Å²) >= 11 is 0. The van der Waals surface area contributed by atoms with Gasteiger partial charge < -0.3 is 19.3 Å². The second-order valence-corrected chi connectivity index (χ2v) is 5.35. The standard InChI is InChI=1S/C15H23NO4/c1-15(17,11-18-2)12-6-7-16-13(9-12)10-20-14-5-3-4-8-19-14/h6-7,9,14,17H,3-5,8,10-11H2,1-2H3/t14?,15-/m1/s1. The van der Waals surface area contributed by atoms with Crippen molar-refractivity contribution in [2.24, 2.45) is 0 Å². The summed E-state index contributed by atoms with van der Waals surface area (Å²) in [6, 6.07) is 3.64. The summed E-state index contributed by atoms with van der Waals surface area (Å²) in [6.07, 6.45) is 4.73. The molecule has 20 heavy (non-hydrogen) atoms. The van der Waals surface area contributed by atoms with Crippen molar-refractivity contribution in [2.75, 3.05) is 20.3 Å². The van der Waals surface area contributed by atoms with E-state index in [2.05, 4.69) is 4.98 Å². The molecule has 0 aromatic carbocycles. The number of ether oxygens (including phenoxy) is 3. The Morgan fingerprint density at radius 2 is 2.35 bits per heavy atom. The molecule has 0 bridgehead atoms. The van der Waals surface area contributed by atoms with Gasteiger partial charge in [-0.3, -0.25) is 4.98 Å². The van der Waals surface area contributed by atoms with Gasteiger partial charge in [0.2, 0.25) is 0 Å². The van der Waals surface area contributed by atoms with Crippen LogP contribution < -0.4 is 0 Å². The van der Waals surface area contributed by atoms with Gasteiger partial charge in [-0.25, -0.2) is 0 Å². The fourth-order valence-electron chi connectivity index (χ4n) is 2.28. The van der Waals surface area contributed by atoms with Crippen LogP contribution in [0.5, 0.6) is 0 Å². The first-order valence-corrected chi connectivity index (χ1v) is 7.02. The number of methoxy groups -OCH3 is 1. The van der Waals surface area contributed by atoms with Crippen molar-refractivity contribution >= 4 is 0 Å². The molecule has 2 heterocycles. The molecule has 1 aliphatic heterocycles. The van der Waals surface area contributed by atoms with Crippen molar-refractivity contribution in [3.63, 3.8) is 0 Å². The van der Waals surface area contributed by atoms with E-state index in [0.29, 0.717) is 6.61 Å². The van der Waals surface area contributed by atoms with Crippen LogP contribution in [-0.2, 0) is 26.4 Å². The SMILES string of the molecule is COC[C@@](C)(O)c1ccnc(COC2CCCCO2)c1.